The third-order valence-corrected chi connectivity index (χ3v) is 8.94. The predicted octanol–water partition coefficient (Wildman–Crippen LogP) is 3.50. The molecule has 3 rings (SSSR count). The summed E-state index contributed by atoms with van der Waals surface area (Å²) in [6, 6.07) is 2.48. The van der Waals surface area contributed by atoms with E-state index in [1.165, 1.54) is 49.9 Å². The van der Waals surface area contributed by atoms with E-state index in [-0.39, 0.29) is 23.6 Å². The quantitative estimate of drug-likeness (QED) is 0.261. The molecule has 7 nitrogen and oxygen atoms in total. The van der Waals surface area contributed by atoms with Crippen LogP contribution in [0.5, 0.6) is 0 Å². The van der Waals surface area contributed by atoms with Crippen LogP contribution >= 0.6 is 11.3 Å². The summed E-state index contributed by atoms with van der Waals surface area (Å²) in [7, 11) is 0. The van der Waals surface area contributed by atoms with Crippen molar-refractivity contribution in [2.45, 2.75) is 90.3 Å². The molecular formula is C25H41N5O2S. The normalized spacial score (nSPS) is 25.4. The van der Waals surface area contributed by atoms with Gasteiger partial charge >= 0.3 is 0 Å². The summed E-state index contributed by atoms with van der Waals surface area (Å²) in [6.45, 7) is 4.34. The van der Waals surface area contributed by atoms with Crippen molar-refractivity contribution in [1.82, 2.24) is 10.6 Å². The number of hydrogen-bond acceptors (Lipinski definition) is 5. The highest BCUT2D eigenvalue weighted by atomic mass is 32.1. The first kappa shape index (κ1) is 25.7. The summed E-state index contributed by atoms with van der Waals surface area (Å²) >= 11 is 1.40. The third kappa shape index (κ3) is 6.79. The number of rotatable bonds is 10. The van der Waals surface area contributed by atoms with Crippen molar-refractivity contribution in [3.63, 3.8) is 0 Å². The summed E-state index contributed by atoms with van der Waals surface area (Å²) in [5.74, 6) is 1.59. The molecular weight excluding hydrogens is 434 g/mol. The van der Waals surface area contributed by atoms with Crippen molar-refractivity contribution in [3.8, 4) is 0 Å². The zero-order valence-electron chi connectivity index (χ0n) is 20.1. The van der Waals surface area contributed by atoms with E-state index in [1.54, 1.807) is 6.07 Å². The summed E-state index contributed by atoms with van der Waals surface area (Å²) in [6.07, 6.45) is 10.3. The molecule has 2 fully saturated rings. The van der Waals surface area contributed by atoms with Gasteiger partial charge in [0.25, 0.3) is 0 Å². The first-order valence-electron chi connectivity index (χ1n) is 12.6. The van der Waals surface area contributed by atoms with E-state index in [0.717, 1.165) is 23.6 Å². The standard InChI is InChI=1S/C25H41N5O2S/c1-3-15(2)22(26)25(32)30-20(13-17-9-6-8-16-7-4-5-10-19(16)17)24(31)29-14-18-11-12-21(33-18)23(27)28/h11-12,15-17,19-20,22H,3-10,13-14,26H2,1-2H3,(H3,27,28)(H,29,31)(H,30,32)/t15?,16?,17?,19?,20-,22-/m1/s1. The van der Waals surface area contributed by atoms with Gasteiger partial charge in [-0.3, -0.25) is 15.0 Å². The molecule has 33 heavy (non-hydrogen) atoms. The van der Waals surface area contributed by atoms with Crippen molar-refractivity contribution >= 4 is 29.0 Å². The molecule has 2 aliphatic rings. The lowest BCUT2D eigenvalue weighted by molar-refractivity contribution is -0.131. The summed E-state index contributed by atoms with van der Waals surface area (Å²) in [5.41, 5.74) is 11.7. The van der Waals surface area contributed by atoms with Crippen LogP contribution in [0.25, 0.3) is 0 Å². The molecule has 0 saturated heterocycles. The number of carbonyl (C=O) groups is 2. The Hall–Kier alpha value is -1.93. The SMILES string of the molecule is CCC(C)[C@@H](N)C(=O)N[C@H](CC1CCCC2CCCCC21)C(=O)NCc1ccc(C(=N)N)s1. The molecule has 2 amide bonds. The minimum absolute atomic E-state index is 0.0288. The smallest absolute Gasteiger partial charge is 0.242 e. The van der Waals surface area contributed by atoms with Crippen LogP contribution in [0.3, 0.4) is 0 Å². The van der Waals surface area contributed by atoms with Crippen LogP contribution in [-0.4, -0.2) is 29.7 Å². The molecule has 6 atom stereocenters. The van der Waals surface area contributed by atoms with Gasteiger partial charge in [-0.25, -0.2) is 0 Å². The number of nitrogen functional groups attached to an aromatic ring is 1. The van der Waals surface area contributed by atoms with Crippen LogP contribution in [0.4, 0.5) is 0 Å². The van der Waals surface area contributed by atoms with Crippen LogP contribution in [0.2, 0.25) is 0 Å². The lowest BCUT2D eigenvalue weighted by Crippen LogP contribution is -2.54. The minimum atomic E-state index is -0.616. The molecule has 0 radical (unpaired) electrons. The zero-order valence-corrected chi connectivity index (χ0v) is 20.9. The molecule has 0 bridgehead atoms. The monoisotopic (exact) mass is 475 g/mol. The van der Waals surface area contributed by atoms with E-state index in [4.69, 9.17) is 16.9 Å². The molecule has 2 aliphatic carbocycles. The molecule has 4 unspecified atom stereocenters. The first-order chi connectivity index (χ1) is 15.8. The van der Waals surface area contributed by atoms with Crippen molar-refractivity contribution < 1.29 is 9.59 Å². The average molecular weight is 476 g/mol. The summed E-state index contributed by atoms with van der Waals surface area (Å²) in [5, 5.41) is 13.6. The Labute approximate surface area is 202 Å². The van der Waals surface area contributed by atoms with Gasteiger partial charge in [-0.2, -0.15) is 0 Å². The number of nitrogens with two attached hydrogens (primary N) is 2. The lowest BCUT2D eigenvalue weighted by atomic mass is 9.64. The van der Waals surface area contributed by atoms with Gasteiger partial charge in [0.05, 0.1) is 17.5 Å². The number of amides is 2. The van der Waals surface area contributed by atoms with E-state index in [0.29, 0.717) is 29.7 Å². The fourth-order valence-electron chi connectivity index (χ4n) is 5.59. The Morgan fingerprint density at radius 1 is 1.15 bits per heavy atom. The number of nitrogens with one attached hydrogen (secondary N) is 3. The molecule has 1 aromatic rings. The van der Waals surface area contributed by atoms with E-state index in [9.17, 15) is 9.59 Å². The van der Waals surface area contributed by atoms with Gasteiger partial charge in [0.2, 0.25) is 11.8 Å². The van der Waals surface area contributed by atoms with Crippen molar-refractivity contribution in [2.75, 3.05) is 0 Å². The number of fused-ring (bicyclic) bond motifs is 1. The fourth-order valence-corrected chi connectivity index (χ4v) is 6.40. The molecule has 8 heteroatoms. The first-order valence-corrected chi connectivity index (χ1v) is 13.4. The van der Waals surface area contributed by atoms with Crippen LogP contribution in [0.15, 0.2) is 12.1 Å². The molecule has 0 aromatic carbocycles. The molecule has 2 saturated carbocycles. The number of amidine groups is 1. The Bertz CT molecular complexity index is 823. The van der Waals surface area contributed by atoms with Gasteiger partial charge in [0, 0.05) is 4.88 Å². The number of hydrogen-bond donors (Lipinski definition) is 5. The Morgan fingerprint density at radius 2 is 1.88 bits per heavy atom. The highest BCUT2D eigenvalue weighted by molar-refractivity contribution is 7.14. The Morgan fingerprint density at radius 3 is 2.58 bits per heavy atom. The average Bonchev–Trinajstić information content (AvgIpc) is 3.30. The van der Waals surface area contributed by atoms with Gasteiger partial charge in [-0.05, 0) is 48.6 Å². The van der Waals surface area contributed by atoms with E-state index < -0.39 is 12.1 Å². The fraction of sp³-hybridized carbons (Fsp3) is 0.720. The van der Waals surface area contributed by atoms with Gasteiger partial charge in [-0.15, -0.1) is 11.3 Å². The van der Waals surface area contributed by atoms with Gasteiger partial charge in [-0.1, -0.05) is 58.8 Å². The van der Waals surface area contributed by atoms with Crippen LogP contribution in [0.1, 0.15) is 81.4 Å². The third-order valence-electron chi connectivity index (χ3n) is 7.82. The van der Waals surface area contributed by atoms with Crippen LogP contribution in [0, 0.1) is 29.1 Å². The second-order valence-electron chi connectivity index (χ2n) is 10.0. The Kier molecular flexibility index (Phi) is 9.32. The molecule has 184 valence electrons. The maximum atomic E-state index is 13.3. The minimum Gasteiger partial charge on any atom is -0.383 e. The van der Waals surface area contributed by atoms with Crippen molar-refractivity contribution in [2.24, 2.45) is 35.1 Å². The zero-order chi connectivity index (χ0) is 24.0. The Balaban J connectivity index is 1.68. The molecule has 7 N–H and O–H groups in total. The maximum Gasteiger partial charge on any atom is 0.242 e. The van der Waals surface area contributed by atoms with Crippen LogP contribution in [-0.2, 0) is 16.1 Å². The highest BCUT2D eigenvalue weighted by Gasteiger charge is 2.37. The summed E-state index contributed by atoms with van der Waals surface area (Å²) < 4.78 is 0. The molecule has 0 spiro atoms. The molecule has 1 heterocycles. The van der Waals surface area contributed by atoms with Gasteiger partial charge in [0.15, 0.2) is 0 Å². The number of thiophene rings is 1. The van der Waals surface area contributed by atoms with Crippen molar-refractivity contribution in [1.29, 1.82) is 5.41 Å². The van der Waals surface area contributed by atoms with E-state index in [1.807, 2.05) is 19.9 Å². The van der Waals surface area contributed by atoms with E-state index >= 15 is 0 Å². The van der Waals surface area contributed by atoms with Gasteiger partial charge in [0.1, 0.15) is 11.9 Å². The van der Waals surface area contributed by atoms with Crippen molar-refractivity contribution in [3.05, 3.63) is 21.9 Å². The summed E-state index contributed by atoms with van der Waals surface area (Å²) in [4.78, 5) is 27.8. The molecule has 0 aliphatic heterocycles. The lowest BCUT2D eigenvalue weighted by Gasteiger charge is -2.42. The second-order valence-corrected chi connectivity index (χ2v) is 11.2. The molecule has 1 aromatic heterocycles. The van der Waals surface area contributed by atoms with E-state index in [2.05, 4.69) is 10.6 Å². The second kappa shape index (κ2) is 12.0. The largest absolute Gasteiger partial charge is 0.383 e. The maximum absolute atomic E-state index is 13.3. The highest BCUT2D eigenvalue weighted by Crippen LogP contribution is 2.45. The van der Waals surface area contributed by atoms with Crippen LogP contribution < -0.4 is 22.1 Å². The number of carbonyl (C=O) groups excluding carboxylic acids is 2. The predicted molar refractivity (Wildman–Crippen MR) is 134 cm³/mol. The van der Waals surface area contributed by atoms with Gasteiger partial charge < -0.3 is 22.1 Å². The topological polar surface area (TPSA) is 134 Å².